The van der Waals surface area contributed by atoms with Crippen molar-refractivity contribution in [1.29, 1.82) is 0 Å². The lowest BCUT2D eigenvalue weighted by Crippen LogP contribution is -2.38. The number of benzene rings is 1. The molecule has 1 aromatic carbocycles. The Morgan fingerprint density at radius 1 is 1.09 bits per heavy atom. The van der Waals surface area contributed by atoms with Crippen molar-refractivity contribution in [3.8, 4) is 0 Å². The average Bonchev–Trinajstić information content (AvgIpc) is 3.27. The van der Waals surface area contributed by atoms with Gasteiger partial charge in [-0.05, 0) is 45.4 Å². The van der Waals surface area contributed by atoms with Gasteiger partial charge in [0.25, 0.3) is 5.91 Å². The van der Waals surface area contributed by atoms with E-state index in [-0.39, 0.29) is 17.9 Å². The van der Waals surface area contributed by atoms with Gasteiger partial charge in [0.15, 0.2) is 5.82 Å². The van der Waals surface area contributed by atoms with Crippen molar-refractivity contribution in [2.24, 2.45) is 0 Å². The fourth-order valence-electron chi connectivity index (χ4n) is 4.14. The second-order valence-electron chi connectivity index (χ2n) is 8.13. The molecule has 0 saturated carbocycles. The molecule has 0 aliphatic carbocycles. The van der Waals surface area contributed by atoms with Crippen LogP contribution >= 0.6 is 0 Å². The number of nitrogens with zero attached hydrogens (tertiary/aromatic N) is 6. The summed E-state index contributed by atoms with van der Waals surface area (Å²) in [6.07, 6.45) is 0.894. The van der Waals surface area contributed by atoms with E-state index in [4.69, 9.17) is 4.52 Å². The fraction of sp³-hybridized carbons (Fsp3) is 0.435. The first-order valence-corrected chi connectivity index (χ1v) is 10.9. The molecule has 1 unspecified atom stereocenters. The first kappa shape index (κ1) is 21.7. The molecule has 1 atom stereocenters. The molecular formula is C23H28N6O3. The Morgan fingerprint density at radius 3 is 2.53 bits per heavy atom. The largest absolute Gasteiger partial charge is 0.341 e. The Hall–Kier alpha value is -3.49. The number of aromatic nitrogens is 4. The molecule has 32 heavy (non-hydrogen) atoms. The van der Waals surface area contributed by atoms with E-state index in [1.165, 1.54) is 0 Å². The van der Waals surface area contributed by atoms with Crippen LogP contribution in [0.5, 0.6) is 0 Å². The highest BCUT2D eigenvalue weighted by Crippen LogP contribution is 2.28. The molecule has 2 aromatic heterocycles. The maximum absolute atomic E-state index is 13.3. The summed E-state index contributed by atoms with van der Waals surface area (Å²) in [5, 5.41) is 8.34. The topological polar surface area (TPSA) is 97.4 Å². The van der Waals surface area contributed by atoms with Crippen molar-refractivity contribution in [1.82, 2.24) is 29.7 Å². The van der Waals surface area contributed by atoms with Crippen LogP contribution in [0.25, 0.3) is 0 Å². The Balaban J connectivity index is 1.49. The zero-order valence-electron chi connectivity index (χ0n) is 18.7. The molecule has 168 valence electrons. The van der Waals surface area contributed by atoms with Crippen LogP contribution in [-0.2, 0) is 11.3 Å². The fourth-order valence-corrected chi connectivity index (χ4v) is 4.14. The van der Waals surface area contributed by atoms with Gasteiger partial charge < -0.3 is 14.3 Å². The first-order valence-electron chi connectivity index (χ1n) is 10.9. The molecule has 1 saturated heterocycles. The molecule has 3 heterocycles. The summed E-state index contributed by atoms with van der Waals surface area (Å²) in [7, 11) is 0. The summed E-state index contributed by atoms with van der Waals surface area (Å²) < 4.78 is 7.28. The maximum atomic E-state index is 13.3. The minimum atomic E-state index is -0.377. The molecule has 1 aliphatic rings. The highest BCUT2D eigenvalue weighted by molar-refractivity contribution is 5.94. The number of amides is 2. The van der Waals surface area contributed by atoms with Gasteiger partial charge in [0.2, 0.25) is 11.8 Å². The second kappa shape index (κ2) is 9.33. The number of carbonyl (C=O) groups excluding carboxylic acids is 2. The van der Waals surface area contributed by atoms with Crippen molar-refractivity contribution in [3.05, 3.63) is 65.1 Å². The van der Waals surface area contributed by atoms with E-state index < -0.39 is 0 Å². The molecule has 1 aliphatic heterocycles. The third kappa shape index (κ3) is 4.71. The van der Waals surface area contributed by atoms with Crippen molar-refractivity contribution in [3.63, 3.8) is 0 Å². The zero-order chi connectivity index (χ0) is 22.7. The van der Waals surface area contributed by atoms with Crippen LogP contribution < -0.4 is 0 Å². The van der Waals surface area contributed by atoms with E-state index in [2.05, 4.69) is 15.2 Å². The lowest BCUT2D eigenvalue weighted by molar-refractivity contribution is -0.131. The predicted molar refractivity (Wildman–Crippen MR) is 117 cm³/mol. The van der Waals surface area contributed by atoms with Gasteiger partial charge in [-0.15, -0.1) is 0 Å². The quantitative estimate of drug-likeness (QED) is 0.610. The summed E-state index contributed by atoms with van der Waals surface area (Å²) in [5.74, 6) is 0.869. The second-order valence-corrected chi connectivity index (χ2v) is 8.13. The van der Waals surface area contributed by atoms with Crippen molar-refractivity contribution >= 4 is 11.8 Å². The highest BCUT2D eigenvalue weighted by Gasteiger charge is 2.34. The van der Waals surface area contributed by atoms with Gasteiger partial charge in [0.1, 0.15) is 6.04 Å². The van der Waals surface area contributed by atoms with Gasteiger partial charge >= 0.3 is 0 Å². The lowest BCUT2D eigenvalue weighted by atomic mass is 10.1. The van der Waals surface area contributed by atoms with Crippen LogP contribution in [-0.4, -0.2) is 61.2 Å². The molecule has 0 spiro atoms. The van der Waals surface area contributed by atoms with Gasteiger partial charge in [0, 0.05) is 43.9 Å². The molecule has 3 aromatic rings. The number of carbonyl (C=O) groups is 2. The zero-order valence-corrected chi connectivity index (χ0v) is 18.7. The molecule has 4 rings (SSSR count). The van der Waals surface area contributed by atoms with Gasteiger partial charge in [-0.3, -0.25) is 14.3 Å². The van der Waals surface area contributed by atoms with Crippen LogP contribution in [0.1, 0.15) is 52.3 Å². The number of aryl methyl sites for hydroxylation is 4. The van der Waals surface area contributed by atoms with E-state index in [0.29, 0.717) is 56.3 Å². The Labute approximate surface area is 187 Å². The third-order valence-corrected chi connectivity index (χ3v) is 5.76. The average molecular weight is 437 g/mol. The lowest BCUT2D eigenvalue weighted by Gasteiger charge is -2.27. The van der Waals surface area contributed by atoms with Gasteiger partial charge in [0.05, 0.1) is 5.69 Å². The SMILES string of the molecule is Cc1cc(C)n(CCC(=O)N2CCC(c3nc(C)no3)N(C(=O)c3ccccc3)CC2)n1. The van der Waals surface area contributed by atoms with Crippen LogP contribution in [0.3, 0.4) is 0 Å². The number of hydrogen-bond donors (Lipinski definition) is 0. The highest BCUT2D eigenvalue weighted by atomic mass is 16.5. The van der Waals surface area contributed by atoms with Gasteiger partial charge in [-0.25, -0.2) is 0 Å². The molecule has 0 bridgehead atoms. The Bertz CT molecular complexity index is 1090. The number of hydrogen-bond acceptors (Lipinski definition) is 6. The Kier molecular flexibility index (Phi) is 6.34. The molecule has 9 nitrogen and oxygen atoms in total. The summed E-state index contributed by atoms with van der Waals surface area (Å²) in [5.41, 5.74) is 2.58. The minimum Gasteiger partial charge on any atom is -0.341 e. The van der Waals surface area contributed by atoms with Crippen LogP contribution in [0.4, 0.5) is 0 Å². The molecule has 1 fully saturated rings. The maximum Gasteiger partial charge on any atom is 0.254 e. The molecule has 2 amide bonds. The molecule has 9 heteroatoms. The molecule has 0 N–H and O–H groups in total. The minimum absolute atomic E-state index is 0.0482. The smallest absolute Gasteiger partial charge is 0.254 e. The Morgan fingerprint density at radius 2 is 1.88 bits per heavy atom. The standard InChI is InChI=1S/C23H28N6O3/c1-16-15-17(2)29(25-16)12-10-21(30)27-11-9-20(22-24-18(3)26-32-22)28(14-13-27)23(31)19-7-5-4-6-8-19/h4-8,15,20H,9-14H2,1-3H3. The summed E-state index contributed by atoms with van der Waals surface area (Å²) >= 11 is 0. The van der Waals surface area contributed by atoms with Gasteiger partial charge in [-0.2, -0.15) is 10.1 Å². The normalized spacial score (nSPS) is 16.8. The monoisotopic (exact) mass is 436 g/mol. The molecule has 0 radical (unpaired) electrons. The van der Waals surface area contributed by atoms with Crippen LogP contribution in [0.2, 0.25) is 0 Å². The number of rotatable bonds is 5. The van der Waals surface area contributed by atoms with E-state index in [1.54, 1.807) is 24.0 Å². The van der Waals surface area contributed by atoms with E-state index in [1.807, 2.05) is 47.7 Å². The van der Waals surface area contributed by atoms with E-state index >= 15 is 0 Å². The third-order valence-electron chi connectivity index (χ3n) is 5.76. The summed E-state index contributed by atoms with van der Waals surface area (Å²) in [4.78, 5) is 34.2. The summed E-state index contributed by atoms with van der Waals surface area (Å²) in [6.45, 7) is 7.58. The van der Waals surface area contributed by atoms with E-state index in [0.717, 1.165) is 11.4 Å². The first-order chi connectivity index (χ1) is 15.4. The van der Waals surface area contributed by atoms with Crippen molar-refractivity contribution in [2.75, 3.05) is 19.6 Å². The molecular weight excluding hydrogens is 408 g/mol. The van der Waals surface area contributed by atoms with Crippen molar-refractivity contribution in [2.45, 2.75) is 46.2 Å². The van der Waals surface area contributed by atoms with Gasteiger partial charge in [-0.1, -0.05) is 23.4 Å². The van der Waals surface area contributed by atoms with Crippen LogP contribution in [0, 0.1) is 20.8 Å². The summed E-state index contributed by atoms with van der Waals surface area (Å²) in [6, 6.07) is 10.8. The van der Waals surface area contributed by atoms with Crippen molar-refractivity contribution < 1.29 is 14.1 Å². The van der Waals surface area contributed by atoms with E-state index in [9.17, 15) is 9.59 Å². The predicted octanol–water partition coefficient (Wildman–Crippen LogP) is 2.70. The van der Waals surface area contributed by atoms with Crippen LogP contribution in [0.15, 0.2) is 40.9 Å².